The van der Waals surface area contributed by atoms with Gasteiger partial charge in [0.1, 0.15) is 13.3 Å². The fourth-order valence-electron chi connectivity index (χ4n) is 3.45. The molecule has 0 spiro atoms. The molecule has 35 heavy (non-hydrogen) atoms. The van der Waals surface area contributed by atoms with Gasteiger partial charge in [-0.05, 0) is 54.5 Å². The van der Waals surface area contributed by atoms with Crippen LogP contribution in [0.3, 0.4) is 0 Å². The van der Waals surface area contributed by atoms with Crippen molar-refractivity contribution < 1.29 is 22.0 Å². The van der Waals surface area contributed by atoms with Crippen molar-refractivity contribution in [2.45, 2.75) is 37.9 Å². The summed E-state index contributed by atoms with van der Waals surface area (Å²) in [6, 6.07) is 14.8. The number of ketones is 1. The number of allylic oxidation sites excluding steroid dienone is 1. The summed E-state index contributed by atoms with van der Waals surface area (Å²) in [5.41, 5.74) is 2.10. The monoisotopic (exact) mass is 503 g/mol. The van der Waals surface area contributed by atoms with E-state index in [0.717, 1.165) is 18.4 Å². The van der Waals surface area contributed by atoms with E-state index < -0.39 is 28.6 Å². The number of rotatable bonds is 15. The van der Waals surface area contributed by atoms with Crippen LogP contribution >= 0.6 is 0 Å². The van der Waals surface area contributed by atoms with Crippen molar-refractivity contribution in [3.8, 4) is 6.07 Å². The molecule has 0 saturated heterocycles. The van der Waals surface area contributed by atoms with E-state index in [-0.39, 0.29) is 31.0 Å². The van der Waals surface area contributed by atoms with Crippen molar-refractivity contribution in [3.05, 3.63) is 65.7 Å². The third-order valence-corrected chi connectivity index (χ3v) is 7.02. The normalized spacial score (nSPS) is 12.3. The molecule has 2 aromatic carbocycles. The van der Waals surface area contributed by atoms with Crippen molar-refractivity contribution in [1.82, 2.24) is 0 Å². The molecule has 1 unspecified atom stereocenters. The van der Waals surface area contributed by atoms with Gasteiger partial charge < -0.3 is 4.90 Å². The Hall–Kier alpha value is -3.25. The molecule has 0 aromatic heterocycles. The molecule has 0 aliphatic carbocycles. The zero-order chi connectivity index (χ0) is 25.7. The van der Waals surface area contributed by atoms with Crippen molar-refractivity contribution in [2.24, 2.45) is 0 Å². The summed E-state index contributed by atoms with van der Waals surface area (Å²) in [6.07, 6.45) is 5.75. The molecule has 9 heteroatoms. The Labute approximate surface area is 206 Å². The number of alkyl halides is 2. The van der Waals surface area contributed by atoms with Crippen LogP contribution in [0.25, 0.3) is 6.08 Å². The van der Waals surface area contributed by atoms with Crippen molar-refractivity contribution in [1.29, 1.82) is 5.26 Å². The van der Waals surface area contributed by atoms with Crippen LogP contribution in [0.2, 0.25) is 0 Å². The Kier molecular flexibility index (Phi) is 11.4. The molecule has 2 aromatic rings. The number of sulfonamides is 1. The molecule has 0 aliphatic heterocycles. The first-order chi connectivity index (χ1) is 16.8. The number of nitriles is 1. The number of hydrogen-bond acceptors (Lipinski definition) is 5. The summed E-state index contributed by atoms with van der Waals surface area (Å²) in [5, 5.41) is 8.11. The van der Waals surface area contributed by atoms with Gasteiger partial charge in [-0.15, -0.1) is 0 Å². The summed E-state index contributed by atoms with van der Waals surface area (Å²) >= 11 is 0. The largest absolute Gasteiger partial charge is 0.366 e. The molecule has 0 bridgehead atoms. The fourth-order valence-corrected chi connectivity index (χ4v) is 4.67. The van der Waals surface area contributed by atoms with Gasteiger partial charge in [-0.3, -0.25) is 9.52 Å². The summed E-state index contributed by atoms with van der Waals surface area (Å²) in [4.78, 5) is 14.1. The Morgan fingerprint density at radius 2 is 1.69 bits per heavy atom. The molecule has 0 fully saturated rings. The van der Waals surface area contributed by atoms with Crippen LogP contribution in [-0.4, -0.2) is 45.9 Å². The average molecular weight is 504 g/mol. The van der Waals surface area contributed by atoms with Gasteiger partial charge in [0.15, 0.2) is 11.0 Å². The Bertz CT molecular complexity index is 1110. The first-order valence-electron chi connectivity index (χ1n) is 11.5. The lowest BCUT2D eigenvalue weighted by Crippen LogP contribution is -2.27. The molecule has 6 nitrogen and oxygen atoms in total. The molecule has 188 valence electrons. The summed E-state index contributed by atoms with van der Waals surface area (Å²) < 4.78 is 52.7. The van der Waals surface area contributed by atoms with Crippen molar-refractivity contribution >= 4 is 33.3 Å². The van der Waals surface area contributed by atoms with E-state index in [2.05, 4.69) is 4.72 Å². The average Bonchev–Trinajstić information content (AvgIpc) is 2.85. The quantitative estimate of drug-likeness (QED) is 0.196. The summed E-state index contributed by atoms with van der Waals surface area (Å²) in [7, 11) is -3.86. The van der Waals surface area contributed by atoms with Crippen LogP contribution in [-0.2, 0) is 10.0 Å². The highest BCUT2D eigenvalue weighted by molar-refractivity contribution is 7.93. The van der Waals surface area contributed by atoms with E-state index in [9.17, 15) is 27.3 Å². The second kappa shape index (κ2) is 14.2. The van der Waals surface area contributed by atoms with Crippen LogP contribution in [0, 0.1) is 11.3 Å². The highest BCUT2D eigenvalue weighted by Crippen LogP contribution is 2.19. The first kappa shape index (κ1) is 28.0. The van der Waals surface area contributed by atoms with Gasteiger partial charge in [-0.1, -0.05) is 44.4 Å². The zero-order valence-corrected chi connectivity index (χ0v) is 20.6. The summed E-state index contributed by atoms with van der Waals surface area (Å²) in [5.74, 6) is -0.269. The predicted molar refractivity (Wildman–Crippen MR) is 136 cm³/mol. The third-order valence-electron chi connectivity index (χ3n) is 5.41. The van der Waals surface area contributed by atoms with E-state index in [1.165, 1.54) is 30.3 Å². The van der Waals surface area contributed by atoms with Gasteiger partial charge in [-0.25, -0.2) is 17.2 Å². The number of nitrogens with one attached hydrogen (secondary N) is 1. The number of benzene rings is 2. The van der Waals surface area contributed by atoms with E-state index in [1.807, 2.05) is 13.0 Å². The number of carbonyl (C=O) groups is 1. The lowest BCUT2D eigenvalue weighted by atomic mass is 10.1. The lowest BCUT2D eigenvalue weighted by molar-refractivity contribution is 0.104. The van der Waals surface area contributed by atoms with Crippen LogP contribution < -0.4 is 9.62 Å². The maximum Gasteiger partial charge on any atom is 0.249 e. The number of nitrogens with zero attached hydrogens (tertiary/aromatic N) is 2. The van der Waals surface area contributed by atoms with Crippen molar-refractivity contribution in [2.75, 3.05) is 36.1 Å². The minimum Gasteiger partial charge on any atom is -0.366 e. The number of unbranched alkanes of at least 4 members (excludes halogenated alkanes) is 2. The Morgan fingerprint density at radius 1 is 1.06 bits per heavy atom. The summed E-state index contributed by atoms with van der Waals surface area (Å²) in [6.45, 7) is 1.07. The molecule has 0 amide bonds. The Balaban J connectivity index is 2.01. The molecule has 1 atom stereocenters. The highest BCUT2D eigenvalue weighted by atomic mass is 32.2. The van der Waals surface area contributed by atoms with Crippen LogP contribution in [0.15, 0.2) is 54.6 Å². The minimum atomic E-state index is -3.86. The van der Waals surface area contributed by atoms with E-state index in [4.69, 9.17) is 0 Å². The molecule has 0 heterocycles. The van der Waals surface area contributed by atoms with E-state index in [0.29, 0.717) is 17.7 Å². The smallest absolute Gasteiger partial charge is 0.249 e. The number of anilines is 2. The third kappa shape index (κ3) is 8.80. The van der Waals surface area contributed by atoms with Gasteiger partial charge in [-0.2, -0.15) is 5.26 Å². The maximum absolute atomic E-state index is 12.7. The first-order valence-corrected chi connectivity index (χ1v) is 13.1. The highest BCUT2D eigenvalue weighted by Gasteiger charge is 2.24. The SMILES string of the molecule is CCCCCC(C#N)S(=O)(=O)Nc1ccc(C(=O)C=Cc2ccc(N(CCF)CCF)cc2)cc1. The fraction of sp³-hybridized carbons (Fsp3) is 0.385. The van der Waals surface area contributed by atoms with Crippen LogP contribution in [0.1, 0.15) is 48.5 Å². The van der Waals surface area contributed by atoms with Gasteiger partial charge in [0.2, 0.25) is 10.0 Å². The molecular formula is C26H31F2N3O3S. The number of hydrogen-bond donors (Lipinski definition) is 1. The molecule has 0 radical (unpaired) electrons. The maximum atomic E-state index is 12.7. The van der Waals surface area contributed by atoms with Gasteiger partial charge in [0.25, 0.3) is 0 Å². The van der Waals surface area contributed by atoms with Gasteiger partial charge in [0.05, 0.1) is 6.07 Å². The van der Waals surface area contributed by atoms with E-state index >= 15 is 0 Å². The lowest BCUT2D eigenvalue weighted by Gasteiger charge is -2.22. The number of halogens is 2. The van der Waals surface area contributed by atoms with Gasteiger partial charge in [0, 0.05) is 30.0 Å². The molecule has 0 aliphatic rings. The van der Waals surface area contributed by atoms with E-state index in [1.54, 1.807) is 35.2 Å². The molecular weight excluding hydrogens is 472 g/mol. The second-order valence-corrected chi connectivity index (χ2v) is 9.86. The molecule has 1 N–H and O–H groups in total. The predicted octanol–water partition coefficient (Wildman–Crippen LogP) is 5.54. The molecule has 2 rings (SSSR count). The number of carbonyl (C=O) groups excluding carboxylic acids is 1. The van der Waals surface area contributed by atoms with Crippen LogP contribution in [0.5, 0.6) is 0 Å². The van der Waals surface area contributed by atoms with Crippen molar-refractivity contribution in [3.63, 3.8) is 0 Å². The topological polar surface area (TPSA) is 90.3 Å². The molecule has 0 saturated carbocycles. The Morgan fingerprint density at radius 3 is 2.23 bits per heavy atom. The standard InChI is InChI=1S/C26H31F2N3O3S/c1-2-3-4-5-25(20-29)35(33,34)30-23-11-9-22(10-12-23)26(32)15-8-21-6-13-24(14-7-21)31(18-16-27)19-17-28/h6-15,25,30H,2-5,16-19H2,1H3. The van der Waals surface area contributed by atoms with Gasteiger partial charge >= 0.3 is 0 Å². The zero-order valence-electron chi connectivity index (χ0n) is 19.8. The van der Waals surface area contributed by atoms with Crippen LogP contribution in [0.4, 0.5) is 20.2 Å². The second-order valence-electron chi connectivity index (χ2n) is 7.99. The minimum absolute atomic E-state index is 0.111.